The number of anilines is 1. The molecule has 0 spiro atoms. The first kappa shape index (κ1) is 27.9. The summed E-state index contributed by atoms with van der Waals surface area (Å²) < 4.78 is 17.0. The minimum atomic E-state index is -0.919. The van der Waals surface area contributed by atoms with E-state index in [1.54, 1.807) is 41.2 Å². The molecule has 0 amide bonds. The maximum absolute atomic E-state index is 13.2. The number of Topliss-reactive ketones (excluding diaryl/α,β-unsaturated/α-hetero) is 1. The Morgan fingerprint density at radius 3 is 2.42 bits per heavy atom. The third-order valence-corrected chi connectivity index (χ3v) is 8.13. The van der Waals surface area contributed by atoms with Gasteiger partial charge in [0.25, 0.3) is 0 Å². The van der Waals surface area contributed by atoms with Crippen LogP contribution in [0.3, 0.4) is 0 Å². The van der Waals surface area contributed by atoms with Gasteiger partial charge in [0.05, 0.1) is 25.3 Å². The number of ketones is 1. The summed E-state index contributed by atoms with van der Waals surface area (Å²) in [6, 6.07) is 9.41. The molecule has 2 atom stereocenters. The van der Waals surface area contributed by atoms with E-state index in [9.17, 15) is 14.7 Å². The van der Waals surface area contributed by atoms with Gasteiger partial charge in [-0.25, -0.2) is 4.98 Å². The number of aliphatic carboxylic acids is 1. The van der Waals surface area contributed by atoms with E-state index in [2.05, 4.69) is 9.88 Å². The van der Waals surface area contributed by atoms with Crippen LogP contribution in [0.15, 0.2) is 36.5 Å². The van der Waals surface area contributed by atoms with Gasteiger partial charge >= 0.3 is 5.97 Å². The minimum Gasteiger partial charge on any atom is -0.497 e. The van der Waals surface area contributed by atoms with E-state index >= 15 is 0 Å². The van der Waals surface area contributed by atoms with Crippen LogP contribution < -0.4 is 14.4 Å². The number of ether oxygens (including phenoxy) is 3. The van der Waals surface area contributed by atoms with Crippen LogP contribution in [0.5, 0.6) is 11.6 Å². The van der Waals surface area contributed by atoms with Gasteiger partial charge in [0, 0.05) is 44.1 Å². The monoisotopic (exact) mass is 524 g/mol. The number of rotatable bonds is 12. The molecule has 1 aliphatic carbocycles. The molecule has 0 radical (unpaired) electrons. The first-order valence-corrected chi connectivity index (χ1v) is 13.5. The van der Waals surface area contributed by atoms with E-state index in [1.165, 1.54) is 0 Å². The molecule has 4 rings (SSSR count). The van der Waals surface area contributed by atoms with Gasteiger partial charge in [-0.2, -0.15) is 0 Å². The molecule has 0 unspecified atom stereocenters. The number of hydrogen-bond donors (Lipinski definition) is 1. The van der Waals surface area contributed by atoms with Crippen molar-refractivity contribution in [2.24, 2.45) is 17.8 Å². The Hall–Kier alpha value is -3.13. The van der Waals surface area contributed by atoms with Gasteiger partial charge < -0.3 is 24.2 Å². The molecule has 1 saturated heterocycles. The Morgan fingerprint density at radius 1 is 1.11 bits per heavy atom. The zero-order chi connectivity index (χ0) is 27.4. The molecule has 2 aromatic rings. The van der Waals surface area contributed by atoms with Crippen molar-refractivity contribution >= 4 is 17.4 Å². The van der Waals surface area contributed by atoms with Crippen molar-refractivity contribution in [2.45, 2.75) is 58.0 Å². The summed E-state index contributed by atoms with van der Waals surface area (Å²) in [7, 11) is 3.18. The van der Waals surface area contributed by atoms with Crippen molar-refractivity contribution in [1.29, 1.82) is 0 Å². The lowest BCUT2D eigenvalue weighted by molar-refractivity contribution is -0.142. The van der Waals surface area contributed by atoms with E-state index in [1.807, 2.05) is 30.3 Å². The molecular formula is C30H40N2O6. The van der Waals surface area contributed by atoms with E-state index < -0.39 is 17.5 Å². The molecule has 1 aromatic heterocycles. The molecule has 8 nitrogen and oxygen atoms in total. The predicted octanol–water partition coefficient (Wildman–Crippen LogP) is 5.21. The Balaban J connectivity index is 1.39. The normalized spacial score (nSPS) is 18.1. The highest BCUT2D eigenvalue weighted by atomic mass is 16.5. The second-order valence-electron chi connectivity index (χ2n) is 11.1. The highest BCUT2D eigenvalue weighted by molar-refractivity contribution is 6.06. The van der Waals surface area contributed by atoms with Crippen molar-refractivity contribution in [1.82, 2.24) is 4.98 Å². The zero-order valence-corrected chi connectivity index (χ0v) is 23.1. The van der Waals surface area contributed by atoms with Crippen LogP contribution in [0.1, 0.15) is 68.3 Å². The molecule has 1 aliphatic heterocycles. The summed E-state index contributed by atoms with van der Waals surface area (Å²) >= 11 is 0. The number of carboxylic acid groups (broad SMARTS) is 1. The van der Waals surface area contributed by atoms with Crippen LogP contribution in [-0.2, 0) is 9.53 Å². The number of methoxy groups -OCH3 is 2. The highest BCUT2D eigenvalue weighted by Gasteiger charge is 2.39. The Morgan fingerprint density at radius 2 is 1.82 bits per heavy atom. The van der Waals surface area contributed by atoms with Crippen molar-refractivity contribution < 1.29 is 28.9 Å². The average molecular weight is 525 g/mol. The summed E-state index contributed by atoms with van der Waals surface area (Å²) in [4.78, 5) is 31.5. The number of nitrogens with zero attached hydrogens (tertiary/aromatic N) is 2. The molecular weight excluding hydrogens is 484 g/mol. The van der Waals surface area contributed by atoms with Crippen LogP contribution in [-0.4, -0.2) is 61.4 Å². The lowest BCUT2D eigenvalue weighted by Gasteiger charge is -2.35. The first-order chi connectivity index (χ1) is 18.1. The minimum absolute atomic E-state index is 0.0102. The van der Waals surface area contributed by atoms with Crippen LogP contribution in [0.2, 0.25) is 0 Å². The number of pyridine rings is 1. The van der Waals surface area contributed by atoms with Crippen molar-refractivity contribution in [2.75, 3.05) is 38.8 Å². The lowest BCUT2D eigenvalue weighted by Crippen LogP contribution is -2.39. The van der Waals surface area contributed by atoms with Gasteiger partial charge in [-0.1, -0.05) is 6.92 Å². The Bertz CT molecular complexity index is 1140. The van der Waals surface area contributed by atoms with E-state index in [0.717, 1.165) is 50.0 Å². The number of benzene rings is 1. The molecule has 2 aliphatic rings. The fourth-order valence-corrected chi connectivity index (χ4v) is 5.34. The second kappa shape index (κ2) is 11.7. The van der Waals surface area contributed by atoms with Crippen molar-refractivity contribution in [3.05, 3.63) is 47.7 Å². The molecule has 206 valence electrons. The van der Waals surface area contributed by atoms with E-state index in [-0.39, 0.29) is 11.7 Å². The van der Waals surface area contributed by atoms with Crippen LogP contribution in [0.4, 0.5) is 5.69 Å². The number of carboxylic acids is 1. The van der Waals surface area contributed by atoms with Gasteiger partial charge in [0.1, 0.15) is 11.4 Å². The van der Waals surface area contributed by atoms with Crippen LogP contribution >= 0.6 is 0 Å². The quantitative estimate of drug-likeness (QED) is 0.378. The fourth-order valence-electron chi connectivity index (χ4n) is 5.34. The topological polar surface area (TPSA) is 98.2 Å². The third kappa shape index (κ3) is 6.29. The average Bonchev–Trinajstić information content (AvgIpc) is 3.77. The van der Waals surface area contributed by atoms with Crippen LogP contribution in [0.25, 0.3) is 0 Å². The molecule has 2 heterocycles. The van der Waals surface area contributed by atoms with Gasteiger partial charge in [-0.05, 0) is 81.0 Å². The Labute approximate surface area is 225 Å². The van der Waals surface area contributed by atoms with E-state index in [4.69, 9.17) is 14.2 Å². The molecule has 0 bridgehead atoms. The van der Waals surface area contributed by atoms with Gasteiger partial charge in [-0.3, -0.25) is 9.59 Å². The summed E-state index contributed by atoms with van der Waals surface area (Å²) in [6.07, 6.45) is 5.70. The summed E-state index contributed by atoms with van der Waals surface area (Å²) in [5.74, 6) is 0.766. The van der Waals surface area contributed by atoms with Crippen LogP contribution in [0, 0.1) is 17.8 Å². The number of hydrogen-bond acceptors (Lipinski definition) is 7. The molecule has 1 N–H and O–H groups in total. The maximum atomic E-state index is 13.2. The van der Waals surface area contributed by atoms with Crippen molar-refractivity contribution in [3.63, 3.8) is 0 Å². The number of carbonyl (C=O) groups excluding carboxylic acids is 1. The molecule has 8 heteroatoms. The van der Waals surface area contributed by atoms with Crippen molar-refractivity contribution in [3.8, 4) is 11.6 Å². The van der Waals surface area contributed by atoms with Gasteiger partial charge in [0.15, 0.2) is 5.78 Å². The zero-order valence-electron chi connectivity index (χ0n) is 23.1. The lowest BCUT2D eigenvalue weighted by atomic mass is 9.84. The molecule has 1 aromatic carbocycles. The molecule has 2 fully saturated rings. The van der Waals surface area contributed by atoms with Gasteiger partial charge in [-0.15, -0.1) is 0 Å². The number of aromatic nitrogens is 1. The van der Waals surface area contributed by atoms with Gasteiger partial charge in [0.2, 0.25) is 5.88 Å². The van der Waals surface area contributed by atoms with E-state index in [0.29, 0.717) is 35.6 Å². The number of carbonyl (C=O) groups is 2. The second-order valence-corrected chi connectivity index (χ2v) is 11.1. The molecule has 38 heavy (non-hydrogen) atoms. The highest BCUT2D eigenvalue weighted by Crippen LogP contribution is 2.47. The third-order valence-electron chi connectivity index (χ3n) is 8.13. The summed E-state index contributed by atoms with van der Waals surface area (Å²) in [6.45, 7) is 7.49. The standard InChI is InChI=1S/C30H40N2O6/c1-19(29(34)35)27(21-6-7-21)22-10-13-31-26(16-22)38-18-20-11-14-32(15-12-20)25-17-23(36-4)8-9-24(25)28(33)30(2,3)37-5/h8-10,13,16-17,19-21,27H,6-7,11-12,14-15,18H2,1-5H3,(H,34,35)/t19-,27-/m0/s1. The number of piperidine rings is 1. The summed E-state index contributed by atoms with van der Waals surface area (Å²) in [5, 5.41) is 9.58. The Kier molecular flexibility index (Phi) is 8.61. The maximum Gasteiger partial charge on any atom is 0.306 e. The molecule has 1 saturated carbocycles. The smallest absolute Gasteiger partial charge is 0.306 e. The SMILES string of the molecule is COc1ccc(C(=O)C(C)(C)OC)c(N2CCC(COc3cc([C@H](C4CC4)[C@H](C)C(=O)O)ccn3)CC2)c1. The predicted molar refractivity (Wildman–Crippen MR) is 145 cm³/mol. The first-order valence-electron chi connectivity index (χ1n) is 13.5. The largest absolute Gasteiger partial charge is 0.497 e. The summed E-state index contributed by atoms with van der Waals surface area (Å²) in [5.41, 5.74) is 1.58. The fraction of sp³-hybridized carbons (Fsp3) is 0.567.